The van der Waals surface area contributed by atoms with Gasteiger partial charge < -0.3 is 0 Å². The number of halogens is 1. The van der Waals surface area contributed by atoms with Crippen LogP contribution in [0, 0.1) is 6.92 Å². The van der Waals surface area contributed by atoms with E-state index in [1.165, 1.54) is 6.20 Å². The Morgan fingerprint density at radius 1 is 1.27 bits per heavy atom. The number of hydrogen-bond acceptors (Lipinski definition) is 4. The predicted octanol–water partition coefficient (Wildman–Crippen LogP) is 3.07. The van der Waals surface area contributed by atoms with E-state index in [2.05, 4.69) is 36.5 Å². The van der Waals surface area contributed by atoms with Gasteiger partial charge in [-0.3, -0.25) is 15.4 Å². The molecule has 0 atom stereocenters. The molecule has 0 aliphatic rings. The SMILES string of the molecule is CCc1nc(NC(=O)NC(=O)c2ccccc2C)cnc1Br. The lowest BCUT2D eigenvalue weighted by molar-refractivity contribution is 0.0966. The average molecular weight is 363 g/mol. The summed E-state index contributed by atoms with van der Waals surface area (Å²) in [5.41, 5.74) is 1.97. The van der Waals surface area contributed by atoms with Crippen molar-refractivity contribution in [2.24, 2.45) is 0 Å². The number of benzene rings is 1. The van der Waals surface area contributed by atoms with Gasteiger partial charge in [0.25, 0.3) is 5.91 Å². The van der Waals surface area contributed by atoms with Crippen LogP contribution in [-0.4, -0.2) is 21.9 Å². The number of aromatic nitrogens is 2. The predicted molar refractivity (Wildman–Crippen MR) is 86.8 cm³/mol. The molecule has 2 N–H and O–H groups in total. The maximum absolute atomic E-state index is 12.0. The third-order valence-corrected chi connectivity index (χ3v) is 3.65. The van der Waals surface area contributed by atoms with Crippen LogP contribution >= 0.6 is 15.9 Å². The highest BCUT2D eigenvalue weighted by atomic mass is 79.9. The van der Waals surface area contributed by atoms with E-state index >= 15 is 0 Å². The molecule has 0 aliphatic carbocycles. The Kier molecular flexibility index (Phi) is 5.21. The number of urea groups is 1. The Bertz CT molecular complexity index is 718. The Labute approximate surface area is 136 Å². The molecule has 22 heavy (non-hydrogen) atoms. The second-order valence-corrected chi connectivity index (χ2v) is 5.32. The molecule has 0 fully saturated rings. The third kappa shape index (κ3) is 3.88. The van der Waals surface area contributed by atoms with Gasteiger partial charge in [0.05, 0.1) is 11.9 Å². The summed E-state index contributed by atoms with van der Waals surface area (Å²) in [6.45, 7) is 3.74. The molecule has 7 heteroatoms. The van der Waals surface area contributed by atoms with Crippen LogP contribution in [0.4, 0.5) is 10.6 Å². The molecule has 0 radical (unpaired) electrons. The lowest BCUT2D eigenvalue weighted by Gasteiger charge is -2.08. The van der Waals surface area contributed by atoms with E-state index in [0.29, 0.717) is 16.6 Å². The largest absolute Gasteiger partial charge is 0.327 e. The quantitative estimate of drug-likeness (QED) is 0.878. The van der Waals surface area contributed by atoms with E-state index in [1.54, 1.807) is 25.1 Å². The van der Waals surface area contributed by atoms with Crippen molar-refractivity contribution in [3.8, 4) is 0 Å². The molecule has 1 aromatic heterocycles. The summed E-state index contributed by atoms with van der Waals surface area (Å²) in [6, 6.07) is 6.39. The van der Waals surface area contributed by atoms with Crippen molar-refractivity contribution in [3.63, 3.8) is 0 Å². The zero-order chi connectivity index (χ0) is 16.1. The lowest BCUT2D eigenvalue weighted by Crippen LogP contribution is -2.35. The number of imide groups is 1. The van der Waals surface area contributed by atoms with Gasteiger partial charge in [0.15, 0.2) is 5.82 Å². The van der Waals surface area contributed by atoms with Crippen LogP contribution in [0.3, 0.4) is 0 Å². The fourth-order valence-corrected chi connectivity index (χ4v) is 2.31. The first-order valence-corrected chi connectivity index (χ1v) is 7.50. The standard InChI is InChI=1S/C15H15BrN4O2/c1-3-11-13(16)17-8-12(18-11)19-15(22)20-14(21)10-7-5-4-6-9(10)2/h4-8H,3H2,1-2H3,(H2,18,19,20,21,22). The van der Waals surface area contributed by atoms with E-state index in [9.17, 15) is 9.59 Å². The summed E-state index contributed by atoms with van der Waals surface area (Å²) in [5.74, 6) is -0.175. The summed E-state index contributed by atoms with van der Waals surface area (Å²) in [5, 5.41) is 4.77. The van der Waals surface area contributed by atoms with Crippen LogP contribution in [0.15, 0.2) is 35.1 Å². The molecule has 0 aliphatic heterocycles. The van der Waals surface area contributed by atoms with Crippen LogP contribution < -0.4 is 10.6 Å². The first kappa shape index (κ1) is 16.1. The number of carbonyl (C=O) groups excluding carboxylic acids is 2. The second kappa shape index (κ2) is 7.13. The Morgan fingerprint density at radius 2 is 2.00 bits per heavy atom. The van der Waals surface area contributed by atoms with Gasteiger partial charge in [-0.2, -0.15) is 0 Å². The van der Waals surface area contributed by atoms with Crippen molar-refractivity contribution in [3.05, 3.63) is 51.9 Å². The van der Waals surface area contributed by atoms with Gasteiger partial charge in [-0.05, 0) is 40.9 Å². The number of nitrogens with zero attached hydrogens (tertiary/aromatic N) is 2. The number of carbonyl (C=O) groups is 2. The van der Waals surface area contributed by atoms with Crippen LogP contribution in [0.2, 0.25) is 0 Å². The fraction of sp³-hybridized carbons (Fsp3) is 0.200. The minimum Gasteiger partial charge on any atom is -0.291 e. The number of rotatable bonds is 3. The van der Waals surface area contributed by atoms with Crippen molar-refractivity contribution < 1.29 is 9.59 Å². The van der Waals surface area contributed by atoms with Crippen molar-refractivity contribution in [1.29, 1.82) is 0 Å². The molecule has 0 saturated heterocycles. The van der Waals surface area contributed by atoms with E-state index in [1.807, 2.05) is 13.0 Å². The molecule has 114 valence electrons. The van der Waals surface area contributed by atoms with Crippen molar-refractivity contribution in [2.45, 2.75) is 20.3 Å². The maximum atomic E-state index is 12.0. The van der Waals surface area contributed by atoms with Gasteiger partial charge in [-0.25, -0.2) is 14.8 Å². The van der Waals surface area contributed by atoms with Crippen LogP contribution in [-0.2, 0) is 6.42 Å². The molecule has 0 bridgehead atoms. The topological polar surface area (TPSA) is 84.0 Å². The molecule has 1 heterocycles. The second-order valence-electron chi connectivity index (χ2n) is 4.57. The highest BCUT2D eigenvalue weighted by Crippen LogP contribution is 2.14. The summed E-state index contributed by atoms with van der Waals surface area (Å²) in [6.07, 6.45) is 2.09. The molecule has 0 saturated carbocycles. The van der Waals surface area contributed by atoms with Crippen LogP contribution in [0.1, 0.15) is 28.5 Å². The Hall–Kier alpha value is -2.28. The molecule has 3 amide bonds. The number of hydrogen-bond donors (Lipinski definition) is 2. The Morgan fingerprint density at radius 3 is 2.68 bits per heavy atom. The van der Waals surface area contributed by atoms with Gasteiger partial charge in [-0.15, -0.1) is 0 Å². The smallest absolute Gasteiger partial charge is 0.291 e. The maximum Gasteiger partial charge on any atom is 0.327 e. The number of nitrogens with one attached hydrogen (secondary N) is 2. The first-order valence-electron chi connectivity index (χ1n) is 6.70. The molecule has 0 unspecified atom stereocenters. The minimum absolute atomic E-state index is 0.287. The summed E-state index contributed by atoms with van der Waals surface area (Å²) >= 11 is 3.28. The molecular formula is C15H15BrN4O2. The summed E-state index contributed by atoms with van der Waals surface area (Å²) in [4.78, 5) is 32.2. The fourth-order valence-electron chi connectivity index (χ4n) is 1.84. The molecule has 0 spiro atoms. The molecule has 1 aromatic carbocycles. The normalized spacial score (nSPS) is 10.1. The zero-order valence-corrected chi connectivity index (χ0v) is 13.8. The average Bonchev–Trinajstić information content (AvgIpc) is 2.49. The van der Waals surface area contributed by atoms with Gasteiger partial charge in [0, 0.05) is 5.56 Å². The Balaban J connectivity index is 2.04. The molecular weight excluding hydrogens is 348 g/mol. The summed E-state index contributed by atoms with van der Waals surface area (Å²) in [7, 11) is 0. The number of anilines is 1. The van der Waals surface area contributed by atoms with E-state index in [0.717, 1.165) is 11.3 Å². The van der Waals surface area contributed by atoms with Gasteiger partial charge >= 0.3 is 6.03 Å². The van der Waals surface area contributed by atoms with Gasteiger partial charge in [0.2, 0.25) is 0 Å². The van der Waals surface area contributed by atoms with Crippen LogP contribution in [0.5, 0.6) is 0 Å². The lowest BCUT2D eigenvalue weighted by atomic mass is 10.1. The van der Waals surface area contributed by atoms with E-state index in [-0.39, 0.29) is 5.82 Å². The molecule has 2 rings (SSSR count). The minimum atomic E-state index is -0.646. The van der Waals surface area contributed by atoms with Crippen molar-refractivity contribution in [1.82, 2.24) is 15.3 Å². The first-order chi connectivity index (χ1) is 10.5. The van der Waals surface area contributed by atoms with Crippen molar-refractivity contribution >= 4 is 33.7 Å². The van der Waals surface area contributed by atoms with E-state index in [4.69, 9.17) is 0 Å². The van der Waals surface area contributed by atoms with Crippen molar-refractivity contribution in [2.75, 3.05) is 5.32 Å². The zero-order valence-electron chi connectivity index (χ0n) is 12.2. The van der Waals surface area contributed by atoms with Gasteiger partial charge in [0.1, 0.15) is 4.60 Å². The summed E-state index contributed by atoms with van der Waals surface area (Å²) < 4.78 is 0.636. The van der Waals surface area contributed by atoms with Crippen LogP contribution in [0.25, 0.3) is 0 Å². The number of aryl methyl sites for hydroxylation is 2. The monoisotopic (exact) mass is 362 g/mol. The number of amides is 3. The molecule has 6 nitrogen and oxygen atoms in total. The highest BCUT2D eigenvalue weighted by Gasteiger charge is 2.13. The third-order valence-electron chi connectivity index (χ3n) is 2.99. The van der Waals surface area contributed by atoms with Gasteiger partial charge in [-0.1, -0.05) is 25.1 Å². The highest BCUT2D eigenvalue weighted by molar-refractivity contribution is 9.10. The van der Waals surface area contributed by atoms with E-state index < -0.39 is 11.9 Å². The molecule has 2 aromatic rings.